The van der Waals surface area contributed by atoms with Crippen LogP contribution in [-0.2, 0) is 9.53 Å². The number of allylic oxidation sites excluding steroid dienone is 4. The first-order valence-corrected chi connectivity index (χ1v) is 6.61. The first-order valence-electron chi connectivity index (χ1n) is 6.61. The molecule has 110 valence electrons. The topological polar surface area (TPSA) is 26.3 Å². The Bertz CT molecular complexity index is 344. The predicted molar refractivity (Wildman–Crippen MR) is 84.1 cm³/mol. The Morgan fingerprint density at radius 3 is 1.79 bits per heavy atom. The zero-order valence-corrected chi connectivity index (χ0v) is 13.9. The molecule has 0 aliphatic heterocycles. The van der Waals surface area contributed by atoms with Crippen LogP contribution in [0.15, 0.2) is 35.5 Å². The largest absolute Gasteiger partial charge is 0.457 e. The molecule has 0 spiro atoms. The van der Waals surface area contributed by atoms with E-state index in [1.807, 2.05) is 20.8 Å². The van der Waals surface area contributed by atoms with E-state index in [1.165, 1.54) is 16.7 Å². The fourth-order valence-electron chi connectivity index (χ4n) is 0.905. The number of esters is 1. The van der Waals surface area contributed by atoms with Crippen LogP contribution in [0.1, 0.15) is 61.8 Å². The maximum atomic E-state index is 10.5. The molecular formula is C17H30O2. The first-order chi connectivity index (χ1) is 8.49. The molecule has 0 saturated carbocycles. The summed E-state index contributed by atoms with van der Waals surface area (Å²) in [6.07, 6.45) is 4.54. The summed E-state index contributed by atoms with van der Waals surface area (Å²) in [7, 11) is 0. The number of hydrogen-bond acceptors (Lipinski definition) is 2. The minimum Gasteiger partial charge on any atom is -0.457 e. The third-order valence-electron chi connectivity index (χ3n) is 2.24. The lowest BCUT2D eigenvalue weighted by molar-refractivity contribution is -0.148. The standard InChI is InChI=1S/C10H18.C7H12O2/c1-8(2)6-7-10(5)9(3)4;1-5-6(8)9-7(2,3)4/h6H,7H2,1-5H3;5H,1H2,2-4H3. The molecule has 0 amide bonds. The van der Waals surface area contributed by atoms with Crippen molar-refractivity contribution in [1.82, 2.24) is 0 Å². The summed E-state index contributed by atoms with van der Waals surface area (Å²) in [5.74, 6) is -0.373. The highest BCUT2D eigenvalue weighted by Gasteiger charge is 2.12. The van der Waals surface area contributed by atoms with Gasteiger partial charge in [0.15, 0.2) is 0 Å². The maximum Gasteiger partial charge on any atom is 0.330 e. The molecular weight excluding hydrogens is 236 g/mol. The average Bonchev–Trinajstić information content (AvgIpc) is 2.24. The fraction of sp³-hybridized carbons (Fsp3) is 0.588. The SMILES string of the molecule is C=CC(=O)OC(C)(C)C.CC(C)=CCC(C)=C(C)C. The van der Waals surface area contributed by atoms with Crippen LogP contribution >= 0.6 is 0 Å². The monoisotopic (exact) mass is 266 g/mol. The van der Waals surface area contributed by atoms with E-state index in [9.17, 15) is 4.79 Å². The van der Waals surface area contributed by atoms with Crippen molar-refractivity contribution in [3.05, 3.63) is 35.5 Å². The van der Waals surface area contributed by atoms with Gasteiger partial charge < -0.3 is 4.74 Å². The number of hydrogen-bond donors (Lipinski definition) is 0. The van der Waals surface area contributed by atoms with Crippen LogP contribution in [0.25, 0.3) is 0 Å². The van der Waals surface area contributed by atoms with Gasteiger partial charge in [-0.05, 0) is 61.8 Å². The van der Waals surface area contributed by atoms with Crippen molar-refractivity contribution in [2.24, 2.45) is 0 Å². The molecule has 0 aliphatic carbocycles. The number of rotatable bonds is 3. The van der Waals surface area contributed by atoms with Gasteiger partial charge in [0.2, 0.25) is 0 Å². The molecule has 2 nitrogen and oxygen atoms in total. The van der Waals surface area contributed by atoms with Crippen LogP contribution in [0.4, 0.5) is 0 Å². The highest BCUT2D eigenvalue weighted by atomic mass is 16.6. The van der Waals surface area contributed by atoms with Gasteiger partial charge in [-0.15, -0.1) is 0 Å². The second-order valence-corrected chi connectivity index (χ2v) is 6.00. The molecule has 2 heteroatoms. The van der Waals surface area contributed by atoms with E-state index < -0.39 is 5.60 Å². The normalized spacial score (nSPS) is 9.68. The van der Waals surface area contributed by atoms with E-state index >= 15 is 0 Å². The molecule has 0 aromatic heterocycles. The van der Waals surface area contributed by atoms with Crippen molar-refractivity contribution in [3.63, 3.8) is 0 Å². The van der Waals surface area contributed by atoms with Crippen molar-refractivity contribution in [2.75, 3.05) is 0 Å². The molecule has 0 bridgehead atoms. The van der Waals surface area contributed by atoms with E-state index in [4.69, 9.17) is 4.74 Å². The summed E-state index contributed by atoms with van der Waals surface area (Å²) in [6.45, 7) is 19.5. The van der Waals surface area contributed by atoms with E-state index in [1.54, 1.807) is 0 Å². The van der Waals surface area contributed by atoms with Gasteiger partial charge in [-0.2, -0.15) is 0 Å². The molecule has 0 unspecified atom stereocenters. The Morgan fingerprint density at radius 1 is 1.11 bits per heavy atom. The lowest BCUT2D eigenvalue weighted by atomic mass is 10.1. The summed E-state index contributed by atoms with van der Waals surface area (Å²) in [5.41, 5.74) is 3.94. The third-order valence-corrected chi connectivity index (χ3v) is 2.24. The van der Waals surface area contributed by atoms with E-state index in [0.29, 0.717) is 0 Å². The van der Waals surface area contributed by atoms with E-state index in [2.05, 4.69) is 47.3 Å². The quantitative estimate of drug-likeness (QED) is 0.398. The van der Waals surface area contributed by atoms with Crippen LogP contribution in [-0.4, -0.2) is 11.6 Å². The molecule has 0 heterocycles. The molecule has 0 saturated heterocycles. The molecule has 0 aliphatic rings. The average molecular weight is 266 g/mol. The van der Waals surface area contributed by atoms with Crippen molar-refractivity contribution in [2.45, 2.75) is 67.4 Å². The van der Waals surface area contributed by atoms with Gasteiger partial charge in [0, 0.05) is 6.08 Å². The minimum absolute atomic E-state index is 0.373. The van der Waals surface area contributed by atoms with Gasteiger partial charge in [0.25, 0.3) is 0 Å². The van der Waals surface area contributed by atoms with Gasteiger partial charge in [0.05, 0.1) is 0 Å². The number of ether oxygens (including phenoxy) is 1. The van der Waals surface area contributed by atoms with Crippen LogP contribution in [0.2, 0.25) is 0 Å². The second-order valence-electron chi connectivity index (χ2n) is 6.00. The highest BCUT2D eigenvalue weighted by Crippen LogP contribution is 2.08. The third kappa shape index (κ3) is 16.7. The highest BCUT2D eigenvalue weighted by molar-refractivity contribution is 5.81. The smallest absolute Gasteiger partial charge is 0.330 e. The molecule has 0 aromatic rings. The Balaban J connectivity index is 0. The summed E-state index contributed by atoms with van der Waals surface area (Å²) in [5, 5.41) is 0. The second kappa shape index (κ2) is 9.60. The van der Waals surface area contributed by atoms with E-state index in [0.717, 1.165) is 12.5 Å². The van der Waals surface area contributed by atoms with Crippen molar-refractivity contribution in [3.8, 4) is 0 Å². The van der Waals surface area contributed by atoms with Crippen molar-refractivity contribution >= 4 is 5.97 Å². The Labute approximate surface area is 119 Å². The zero-order chi connectivity index (χ0) is 15.6. The Hall–Kier alpha value is -1.31. The molecule has 0 radical (unpaired) electrons. The maximum absolute atomic E-state index is 10.5. The Morgan fingerprint density at radius 2 is 1.58 bits per heavy atom. The molecule has 19 heavy (non-hydrogen) atoms. The number of carbonyl (C=O) groups is 1. The zero-order valence-electron chi connectivity index (χ0n) is 13.9. The van der Waals surface area contributed by atoms with E-state index in [-0.39, 0.29) is 5.97 Å². The summed E-state index contributed by atoms with van der Waals surface area (Å²) >= 11 is 0. The molecule has 0 fully saturated rings. The van der Waals surface area contributed by atoms with Gasteiger partial charge >= 0.3 is 5.97 Å². The van der Waals surface area contributed by atoms with Crippen LogP contribution < -0.4 is 0 Å². The fourth-order valence-corrected chi connectivity index (χ4v) is 0.905. The molecule has 0 N–H and O–H groups in total. The molecule has 0 rings (SSSR count). The summed E-state index contributed by atoms with van der Waals surface area (Å²) < 4.78 is 4.83. The summed E-state index contributed by atoms with van der Waals surface area (Å²) in [4.78, 5) is 10.5. The lowest BCUT2D eigenvalue weighted by Crippen LogP contribution is -2.22. The van der Waals surface area contributed by atoms with Gasteiger partial charge in [-0.3, -0.25) is 0 Å². The minimum atomic E-state index is -0.398. The summed E-state index contributed by atoms with van der Waals surface area (Å²) in [6, 6.07) is 0. The van der Waals surface area contributed by atoms with Crippen LogP contribution in [0.5, 0.6) is 0 Å². The molecule has 0 atom stereocenters. The predicted octanol–water partition coefficient (Wildman–Crippen LogP) is 5.21. The molecule has 0 aromatic carbocycles. The van der Waals surface area contributed by atoms with Crippen molar-refractivity contribution < 1.29 is 9.53 Å². The first kappa shape index (κ1) is 20.0. The van der Waals surface area contributed by atoms with Gasteiger partial charge in [-0.1, -0.05) is 29.4 Å². The van der Waals surface area contributed by atoms with Crippen molar-refractivity contribution in [1.29, 1.82) is 0 Å². The Kier molecular flexibility index (Phi) is 10.1. The lowest BCUT2D eigenvalue weighted by Gasteiger charge is -2.17. The van der Waals surface area contributed by atoms with Crippen LogP contribution in [0.3, 0.4) is 0 Å². The van der Waals surface area contributed by atoms with Gasteiger partial charge in [0.1, 0.15) is 5.60 Å². The number of carbonyl (C=O) groups excluding carboxylic acids is 1. The van der Waals surface area contributed by atoms with Gasteiger partial charge in [-0.25, -0.2) is 4.79 Å². The van der Waals surface area contributed by atoms with Crippen LogP contribution in [0, 0.1) is 0 Å².